The van der Waals surface area contributed by atoms with Crippen LogP contribution < -0.4 is 0 Å². The second kappa shape index (κ2) is 5.05. The molecule has 0 radical (unpaired) electrons. The third kappa shape index (κ3) is 2.96. The van der Waals surface area contributed by atoms with Gasteiger partial charge in [0.2, 0.25) is 4.77 Å². The molecule has 0 atom stereocenters. The van der Waals surface area contributed by atoms with E-state index in [1.165, 1.54) is 17.0 Å². The van der Waals surface area contributed by atoms with E-state index in [9.17, 15) is 4.39 Å². The van der Waals surface area contributed by atoms with Crippen LogP contribution in [-0.4, -0.2) is 21.1 Å². The summed E-state index contributed by atoms with van der Waals surface area (Å²) in [6.45, 7) is 6.02. The smallest absolute Gasteiger partial charge is 0.216 e. The average Bonchev–Trinajstić information content (AvgIpc) is 2.69. The van der Waals surface area contributed by atoms with Crippen molar-refractivity contribution in [1.82, 2.24) is 14.9 Å². The number of benzene rings is 1. The van der Waals surface area contributed by atoms with Crippen LogP contribution in [0.15, 0.2) is 29.4 Å². The lowest BCUT2D eigenvalue weighted by Gasteiger charge is -2.15. The molecule has 100 valence electrons. The first-order valence-electron chi connectivity index (χ1n) is 5.86. The highest BCUT2D eigenvalue weighted by molar-refractivity contribution is 7.71. The number of hydrogen-bond acceptors (Lipinski definition) is 3. The maximum atomic E-state index is 13.5. The molecule has 1 N–H and O–H groups in total. The largest absolute Gasteiger partial charge is 0.250 e. The van der Waals surface area contributed by atoms with Gasteiger partial charge in [-0.3, -0.25) is 5.10 Å². The number of nitrogens with one attached hydrogen (secondary N) is 1. The van der Waals surface area contributed by atoms with Crippen LogP contribution in [0.1, 0.15) is 32.2 Å². The first-order valence-corrected chi connectivity index (χ1v) is 6.27. The second-order valence-electron chi connectivity index (χ2n) is 5.18. The first-order chi connectivity index (χ1) is 8.89. The highest BCUT2D eigenvalue weighted by atomic mass is 32.1. The number of aromatic nitrogens is 3. The normalized spacial score (nSPS) is 12.2. The summed E-state index contributed by atoms with van der Waals surface area (Å²) in [4.78, 5) is 0. The van der Waals surface area contributed by atoms with Crippen LogP contribution in [0.3, 0.4) is 0 Å². The van der Waals surface area contributed by atoms with E-state index in [2.05, 4.69) is 15.3 Å². The van der Waals surface area contributed by atoms with E-state index < -0.39 is 0 Å². The van der Waals surface area contributed by atoms with E-state index in [-0.39, 0.29) is 11.2 Å². The number of halogens is 1. The molecule has 2 aromatic rings. The molecule has 0 saturated heterocycles. The molecule has 6 heteroatoms. The summed E-state index contributed by atoms with van der Waals surface area (Å²) < 4.78 is 15.4. The Balaban J connectivity index is 2.42. The van der Waals surface area contributed by atoms with Crippen LogP contribution in [0.25, 0.3) is 0 Å². The molecule has 0 aliphatic carbocycles. The Morgan fingerprint density at radius 1 is 1.37 bits per heavy atom. The molecule has 1 aromatic carbocycles. The molecule has 1 aromatic heterocycles. The third-order valence-corrected chi connectivity index (χ3v) is 2.80. The van der Waals surface area contributed by atoms with E-state index >= 15 is 0 Å². The minimum Gasteiger partial charge on any atom is -0.250 e. The molecule has 0 amide bonds. The Hall–Kier alpha value is -1.82. The fourth-order valence-corrected chi connectivity index (χ4v) is 1.76. The third-order valence-electron chi connectivity index (χ3n) is 2.54. The minimum absolute atomic E-state index is 0.208. The van der Waals surface area contributed by atoms with E-state index in [1.54, 1.807) is 18.2 Å². The lowest BCUT2D eigenvalue weighted by molar-refractivity contribution is 0.516. The Kier molecular flexibility index (Phi) is 3.61. The van der Waals surface area contributed by atoms with Crippen molar-refractivity contribution < 1.29 is 4.39 Å². The zero-order valence-electron chi connectivity index (χ0n) is 11.0. The molecule has 4 nitrogen and oxygen atoms in total. The molecular weight excluding hydrogens is 263 g/mol. The maximum Gasteiger partial charge on any atom is 0.216 e. The maximum absolute atomic E-state index is 13.5. The quantitative estimate of drug-likeness (QED) is 0.677. The van der Waals surface area contributed by atoms with Gasteiger partial charge in [-0.25, -0.2) is 4.39 Å². The van der Waals surface area contributed by atoms with Gasteiger partial charge in [-0.2, -0.15) is 14.9 Å². The van der Waals surface area contributed by atoms with Gasteiger partial charge in [-0.05, 0) is 18.3 Å². The van der Waals surface area contributed by atoms with Crippen LogP contribution in [0, 0.1) is 10.6 Å². The molecule has 0 saturated carbocycles. The van der Waals surface area contributed by atoms with E-state index in [4.69, 9.17) is 12.2 Å². The monoisotopic (exact) mass is 278 g/mol. The minimum atomic E-state index is -0.321. The highest BCUT2D eigenvalue weighted by Gasteiger charge is 2.21. The van der Waals surface area contributed by atoms with Crippen molar-refractivity contribution in [2.45, 2.75) is 26.2 Å². The van der Waals surface area contributed by atoms with Gasteiger partial charge in [0.15, 0.2) is 5.82 Å². The SMILES string of the molecule is CC(C)(C)c1n[nH]c(=S)n1/N=C\c1ccccc1F. The summed E-state index contributed by atoms with van der Waals surface area (Å²) in [6, 6.07) is 6.43. The summed E-state index contributed by atoms with van der Waals surface area (Å²) in [5.74, 6) is 0.378. The molecule has 0 aliphatic rings. The fraction of sp³-hybridized carbons (Fsp3) is 0.308. The molecular formula is C13H15FN4S. The molecule has 0 bridgehead atoms. The second-order valence-corrected chi connectivity index (χ2v) is 5.57. The summed E-state index contributed by atoms with van der Waals surface area (Å²) >= 11 is 5.13. The van der Waals surface area contributed by atoms with Crippen molar-refractivity contribution in [2.24, 2.45) is 5.10 Å². The van der Waals surface area contributed by atoms with Gasteiger partial charge in [-0.15, -0.1) is 0 Å². The molecule has 2 rings (SSSR count). The average molecular weight is 278 g/mol. The van der Waals surface area contributed by atoms with Gasteiger partial charge in [0.1, 0.15) is 5.82 Å². The number of H-pyrrole nitrogens is 1. The zero-order chi connectivity index (χ0) is 14.0. The van der Waals surface area contributed by atoms with Crippen molar-refractivity contribution >= 4 is 18.4 Å². The lowest BCUT2D eigenvalue weighted by atomic mass is 9.96. The topological polar surface area (TPSA) is 46.0 Å². The van der Waals surface area contributed by atoms with Crippen LogP contribution in [0.4, 0.5) is 4.39 Å². The summed E-state index contributed by atoms with van der Waals surface area (Å²) in [7, 11) is 0. The standard InChI is InChI=1S/C13H15FN4S/c1-13(2,3)11-16-17-12(19)18(11)15-8-9-6-4-5-7-10(9)14/h4-8H,1-3H3,(H,17,19)/b15-8-. The van der Waals surface area contributed by atoms with Crippen LogP contribution in [0.2, 0.25) is 0 Å². The molecule has 0 fully saturated rings. The Morgan fingerprint density at radius 2 is 2.05 bits per heavy atom. The van der Waals surface area contributed by atoms with Gasteiger partial charge in [0.05, 0.1) is 6.21 Å². The fourth-order valence-electron chi connectivity index (χ4n) is 1.58. The van der Waals surface area contributed by atoms with Gasteiger partial charge >= 0.3 is 0 Å². The predicted octanol–water partition coefficient (Wildman–Crippen LogP) is 3.26. The van der Waals surface area contributed by atoms with Crippen molar-refractivity contribution in [1.29, 1.82) is 0 Å². The number of rotatable bonds is 2. The molecule has 19 heavy (non-hydrogen) atoms. The van der Waals surface area contributed by atoms with Crippen molar-refractivity contribution in [3.8, 4) is 0 Å². The number of nitrogens with zero attached hydrogens (tertiary/aromatic N) is 3. The van der Waals surface area contributed by atoms with E-state index in [0.29, 0.717) is 16.2 Å². The Bertz CT molecular complexity index is 664. The Morgan fingerprint density at radius 3 is 2.68 bits per heavy atom. The predicted molar refractivity (Wildman–Crippen MR) is 75.5 cm³/mol. The van der Waals surface area contributed by atoms with Crippen molar-refractivity contribution in [3.63, 3.8) is 0 Å². The summed E-state index contributed by atoms with van der Waals surface area (Å²) in [6.07, 6.45) is 1.44. The molecule has 1 heterocycles. The van der Waals surface area contributed by atoms with Crippen LogP contribution in [-0.2, 0) is 5.41 Å². The highest BCUT2D eigenvalue weighted by Crippen LogP contribution is 2.19. The van der Waals surface area contributed by atoms with Crippen LogP contribution in [0.5, 0.6) is 0 Å². The molecule has 0 spiro atoms. The summed E-state index contributed by atoms with van der Waals surface area (Å²) in [5, 5.41) is 11.1. The molecule has 0 aliphatic heterocycles. The van der Waals surface area contributed by atoms with Gasteiger partial charge in [-0.1, -0.05) is 39.0 Å². The first kappa shape index (κ1) is 13.6. The van der Waals surface area contributed by atoms with Crippen molar-refractivity contribution in [3.05, 3.63) is 46.2 Å². The Labute approximate surface area is 116 Å². The van der Waals surface area contributed by atoms with E-state index in [1.807, 2.05) is 20.8 Å². The van der Waals surface area contributed by atoms with Gasteiger partial charge in [0, 0.05) is 11.0 Å². The van der Waals surface area contributed by atoms with Crippen LogP contribution >= 0.6 is 12.2 Å². The number of aromatic amines is 1. The van der Waals surface area contributed by atoms with Crippen molar-refractivity contribution in [2.75, 3.05) is 0 Å². The lowest BCUT2D eigenvalue weighted by Crippen LogP contribution is -2.17. The number of hydrogen-bond donors (Lipinski definition) is 1. The van der Waals surface area contributed by atoms with Gasteiger partial charge in [0.25, 0.3) is 0 Å². The van der Waals surface area contributed by atoms with Gasteiger partial charge < -0.3 is 0 Å². The summed E-state index contributed by atoms with van der Waals surface area (Å²) in [5.41, 5.74) is 0.200. The van der Waals surface area contributed by atoms with E-state index in [0.717, 1.165) is 0 Å². The molecule has 0 unspecified atom stereocenters. The zero-order valence-corrected chi connectivity index (χ0v) is 11.8.